The number of benzene rings is 1. The van der Waals surface area contributed by atoms with Gasteiger partial charge in [0.25, 0.3) is 0 Å². The highest BCUT2D eigenvalue weighted by Gasteiger charge is 2.09. The number of rotatable bonds is 7. The van der Waals surface area contributed by atoms with Crippen molar-refractivity contribution in [1.29, 1.82) is 0 Å². The largest absolute Gasteiger partial charge is 0.435 e. The van der Waals surface area contributed by atoms with E-state index in [1.807, 2.05) is 6.92 Å². The zero-order valence-corrected chi connectivity index (χ0v) is 10.5. The molecule has 0 saturated heterocycles. The standard InChI is InChI=1S/C13H15F2NO3/c1-2-3-12(18)16-8-11(17)9-4-6-10(7-5-9)19-13(14)15/h4-7,13H,2-3,8H2,1H3,(H,16,18). The van der Waals surface area contributed by atoms with E-state index in [2.05, 4.69) is 10.1 Å². The van der Waals surface area contributed by atoms with E-state index in [9.17, 15) is 18.4 Å². The first kappa shape index (κ1) is 15.1. The molecule has 1 N–H and O–H groups in total. The van der Waals surface area contributed by atoms with Gasteiger partial charge in [0.1, 0.15) is 5.75 Å². The fraction of sp³-hybridized carbons (Fsp3) is 0.385. The van der Waals surface area contributed by atoms with Crippen LogP contribution in [0.2, 0.25) is 0 Å². The number of carbonyl (C=O) groups is 2. The van der Waals surface area contributed by atoms with Crippen molar-refractivity contribution in [2.75, 3.05) is 6.54 Å². The summed E-state index contributed by atoms with van der Waals surface area (Å²) in [7, 11) is 0. The molecule has 19 heavy (non-hydrogen) atoms. The summed E-state index contributed by atoms with van der Waals surface area (Å²) in [4.78, 5) is 22.9. The highest BCUT2D eigenvalue weighted by molar-refractivity contribution is 5.99. The SMILES string of the molecule is CCCC(=O)NCC(=O)c1ccc(OC(F)F)cc1. The van der Waals surface area contributed by atoms with Crippen LogP contribution < -0.4 is 10.1 Å². The van der Waals surface area contributed by atoms with Gasteiger partial charge in [0.2, 0.25) is 5.91 Å². The normalized spacial score (nSPS) is 10.3. The van der Waals surface area contributed by atoms with Crippen molar-refractivity contribution in [2.45, 2.75) is 26.4 Å². The molecule has 0 radical (unpaired) electrons. The van der Waals surface area contributed by atoms with Crippen LogP contribution in [0.15, 0.2) is 24.3 Å². The smallest absolute Gasteiger partial charge is 0.387 e. The number of hydrogen-bond acceptors (Lipinski definition) is 3. The summed E-state index contributed by atoms with van der Waals surface area (Å²) >= 11 is 0. The summed E-state index contributed by atoms with van der Waals surface area (Å²) in [6.07, 6.45) is 1.08. The fourth-order valence-electron chi connectivity index (χ4n) is 1.42. The van der Waals surface area contributed by atoms with Crippen LogP contribution in [0, 0.1) is 0 Å². The summed E-state index contributed by atoms with van der Waals surface area (Å²) < 4.78 is 28.0. The van der Waals surface area contributed by atoms with Gasteiger partial charge in [-0.2, -0.15) is 8.78 Å². The summed E-state index contributed by atoms with van der Waals surface area (Å²) in [6, 6.07) is 5.33. The number of amides is 1. The Labute approximate surface area is 109 Å². The van der Waals surface area contributed by atoms with Crippen LogP contribution in [-0.2, 0) is 4.79 Å². The minimum atomic E-state index is -2.89. The van der Waals surface area contributed by atoms with Crippen LogP contribution in [0.25, 0.3) is 0 Å². The van der Waals surface area contributed by atoms with Crippen molar-refractivity contribution >= 4 is 11.7 Å². The number of hydrogen-bond donors (Lipinski definition) is 1. The molecule has 1 aromatic rings. The van der Waals surface area contributed by atoms with E-state index in [0.29, 0.717) is 18.4 Å². The van der Waals surface area contributed by atoms with Gasteiger partial charge in [-0.15, -0.1) is 0 Å². The first-order valence-corrected chi connectivity index (χ1v) is 5.87. The maximum absolute atomic E-state index is 11.9. The van der Waals surface area contributed by atoms with E-state index in [1.54, 1.807) is 0 Å². The summed E-state index contributed by atoms with van der Waals surface area (Å²) in [5.74, 6) is -0.483. The number of carbonyl (C=O) groups excluding carboxylic acids is 2. The fourth-order valence-corrected chi connectivity index (χ4v) is 1.42. The molecule has 1 amide bonds. The van der Waals surface area contributed by atoms with Crippen LogP contribution >= 0.6 is 0 Å². The van der Waals surface area contributed by atoms with Crippen molar-refractivity contribution in [3.63, 3.8) is 0 Å². The predicted octanol–water partition coefficient (Wildman–Crippen LogP) is 2.39. The van der Waals surface area contributed by atoms with Gasteiger partial charge in [-0.1, -0.05) is 6.92 Å². The summed E-state index contributed by atoms with van der Waals surface area (Å²) in [6.45, 7) is -1.13. The molecular formula is C13H15F2NO3. The molecule has 6 heteroatoms. The molecule has 0 spiro atoms. The molecule has 0 atom stereocenters. The molecule has 0 heterocycles. The van der Waals surface area contributed by atoms with Crippen molar-refractivity contribution < 1.29 is 23.1 Å². The number of ether oxygens (including phenoxy) is 1. The zero-order chi connectivity index (χ0) is 14.3. The van der Waals surface area contributed by atoms with E-state index < -0.39 is 6.61 Å². The molecule has 0 aliphatic heterocycles. The van der Waals surface area contributed by atoms with Gasteiger partial charge in [-0.25, -0.2) is 0 Å². The zero-order valence-electron chi connectivity index (χ0n) is 10.5. The van der Waals surface area contributed by atoms with Gasteiger partial charge < -0.3 is 10.1 Å². The Balaban J connectivity index is 2.51. The maximum atomic E-state index is 11.9. The topological polar surface area (TPSA) is 55.4 Å². The van der Waals surface area contributed by atoms with Gasteiger partial charge in [-0.05, 0) is 30.7 Å². The van der Waals surface area contributed by atoms with Crippen molar-refractivity contribution in [1.82, 2.24) is 5.32 Å². The highest BCUT2D eigenvalue weighted by atomic mass is 19.3. The van der Waals surface area contributed by atoms with Gasteiger partial charge in [0.15, 0.2) is 5.78 Å². The van der Waals surface area contributed by atoms with E-state index in [1.165, 1.54) is 24.3 Å². The molecule has 4 nitrogen and oxygen atoms in total. The molecule has 0 saturated carbocycles. The number of halogens is 2. The summed E-state index contributed by atoms with van der Waals surface area (Å²) in [5.41, 5.74) is 0.332. The number of alkyl halides is 2. The quantitative estimate of drug-likeness (QED) is 0.775. The van der Waals surface area contributed by atoms with Crippen LogP contribution in [0.1, 0.15) is 30.1 Å². The average Bonchev–Trinajstić information content (AvgIpc) is 2.36. The van der Waals surface area contributed by atoms with Crippen LogP contribution in [0.5, 0.6) is 5.75 Å². The Bertz CT molecular complexity index is 432. The number of Topliss-reactive ketones (excluding diaryl/α,β-unsaturated/α-hetero) is 1. The Morgan fingerprint density at radius 1 is 1.26 bits per heavy atom. The molecule has 0 aromatic heterocycles. The van der Waals surface area contributed by atoms with Crippen LogP contribution in [0.3, 0.4) is 0 Å². The van der Waals surface area contributed by atoms with Crippen molar-refractivity contribution in [2.24, 2.45) is 0 Å². The second kappa shape index (κ2) is 7.45. The monoisotopic (exact) mass is 271 g/mol. The van der Waals surface area contributed by atoms with E-state index in [0.717, 1.165) is 0 Å². The van der Waals surface area contributed by atoms with Gasteiger partial charge >= 0.3 is 6.61 Å². The minimum Gasteiger partial charge on any atom is -0.435 e. The van der Waals surface area contributed by atoms with Crippen LogP contribution in [0.4, 0.5) is 8.78 Å². The molecule has 1 aromatic carbocycles. The van der Waals surface area contributed by atoms with Gasteiger partial charge in [0.05, 0.1) is 6.54 Å². The van der Waals surface area contributed by atoms with E-state index in [-0.39, 0.29) is 24.0 Å². The third kappa shape index (κ3) is 5.46. The molecule has 104 valence electrons. The second-order valence-electron chi connectivity index (χ2n) is 3.85. The third-order valence-corrected chi connectivity index (χ3v) is 2.32. The molecule has 1 rings (SSSR count). The Morgan fingerprint density at radius 2 is 1.89 bits per heavy atom. The van der Waals surface area contributed by atoms with Crippen molar-refractivity contribution in [3.05, 3.63) is 29.8 Å². The average molecular weight is 271 g/mol. The second-order valence-corrected chi connectivity index (χ2v) is 3.85. The van der Waals surface area contributed by atoms with E-state index >= 15 is 0 Å². The Hall–Kier alpha value is -1.98. The lowest BCUT2D eigenvalue weighted by Gasteiger charge is -2.06. The molecule has 0 aliphatic rings. The van der Waals surface area contributed by atoms with E-state index in [4.69, 9.17) is 0 Å². The molecule has 0 aliphatic carbocycles. The Morgan fingerprint density at radius 3 is 2.42 bits per heavy atom. The lowest BCUT2D eigenvalue weighted by molar-refractivity contribution is -0.120. The lowest BCUT2D eigenvalue weighted by atomic mass is 10.1. The summed E-state index contributed by atoms with van der Waals surface area (Å²) in [5, 5.41) is 2.49. The van der Waals surface area contributed by atoms with Crippen molar-refractivity contribution in [3.8, 4) is 5.75 Å². The number of nitrogens with one attached hydrogen (secondary N) is 1. The minimum absolute atomic E-state index is 0.0124. The molecule has 0 bridgehead atoms. The number of ketones is 1. The van der Waals surface area contributed by atoms with Gasteiger partial charge in [-0.3, -0.25) is 9.59 Å². The third-order valence-electron chi connectivity index (χ3n) is 2.32. The molecule has 0 unspecified atom stereocenters. The first-order chi connectivity index (χ1) is 9.02. The first-order valence-electron chi connectivity index (χ1n) is 5.87. The Kier molecular flexibility index (Phi) is 5.92. The highest BCUT2D eigenvalue weighted by Crippen LogP contribution is 2.15. The lowest BCUT2D eigenvalue weighted by Crippen LogP contribution is -2.29. The van der Waals surface area contributed by atoms with Crippen LogP contribution in [-0.4, -0.2) is 24.8 Å². The maximum Gasteiger partial charge on any atom is 0.387 e. The molecule has 0 fully saturated rings. The predicted molar refractivity (Wildman–Crippen MR) is 65.3 cm³/mol. The van der Waals surface area contributed by atoms with Gasteiger partial charge in [0, 0.05) is 12.0 Å². The molecular weight excluding hydrogens is 256 g/mol.